The van der Waals surface area contributed by atoms with E-state index in [4.69, 9.17) is 4.74 Å². The lowest BCUT2D eigenvalue weighted by atomic mass is 10.0. The average molecular weight is 351 g/mol. The number of benzene rings is 2. The van der Waals surface area contributed by atoms with Crippen LogP contribution in [-0.2, 0) is 11.3 Å². The molecule has 1 heterocycles. The Morgan fingerprint density at radius 1 is 1.04 bits per heavy atom. The quantitative estimate of drug-likeness (QED) is 0.864. The first-order valence-electron chi connectivity index (χ1n) is 8.15. The number of nitrogens with one attached hydrogen (secondary N) is 1. The molecule has 0 saturated carbocycles. The van der Waals surface area contributed by atoms with E-state index in [0.29, 0.717) is 0 Å². The molecule has 0 bridgehead atoms. The molecule has 1 saturated heterocycles. The van der Waals surface area contributed by atoms with E-state index in [1.54, 1.807) is 12.1 Å². The second-order valence-electron chi connectivity index (χ2n) is 5.84. The van der Waals surface area contributed by atoms with Gasteiger partial charge < -0.3 is 10.1 Å². The van der Waals surface area contributed by atoms with Crippen molar-refractivity contribution >= 4 is 12.4 Å². The highest BCUT2D eigenvalue weighted by Crippen LogP contribution is 2.22. The van der Waals surface area contributed by atoms with Gasteiger partial charge in [0.25, 0.3) is 0 Å². The van der Waals surface area contributed by atoms with E-state index in [-0.39, 0.29) is 24.3 Å². The summed E-state index contributed by atoms with van der Waals surface area (Å²) >= 11 is 0. The molecule has 0 amide bonds. The highest BCUT2D eigenvalue weighted by Gasteiger charge is 2.22. The van der Waals surface area contributed by atoms with E-state index in [0.717, 1.165) is 45.0 Å². The number of nitrogens with zero attached hydrogens (tertiary/aromatic N) is 1. The lowest BCUT2D eigenvalue weighted by molar-refractivity contribution is 0.0160. The summed E-state index contributed by atoms with van der Waals surface area (Å²) in [5.74, 6) is -0.177. The van der Waals surface area contributed by atoms with Crippen molar-refractivity contribution in [1.82, 2.24) is 10.2 Å². The monoisotopic (exact) mass is 350 g/mol. The van der Waals surface area contributed by atoms with Crippen LogP contribution in [0, 0.1) is 5.82 Å². The maximum atomic E-state index is 13.6. The smallest absolute Gasteiger partial charge is 0.123 e. The number of morpholine rings is 1. The molecule has 1 N–H and O–H groups in total. The zero-order valence-electron chi connectivity index (χ0n) is 13.7. The Labute approximate surface area is 149 Å². The van der Waals surface area contributed by atoms with Crippen molar-refractivity contribution in [2.75, 3.05) is 32.8 Å². The van der Waals surface area contributed by atoms with Crippen molar-refractivity contribution in [3.05, 3.63) is 71.5 Å². The Hall–Kier alpha value is -1.46. The Balaban J connectivity index is 0.00000208. The third-order valence-electron chi connectivity index (χ3n) is 4.23. The molecule has 2 aromatic rings. The summed E-state index contributed by atoms with van der Waals surface area (Å²) in [5, 5.41) is 3.51. The van der Waals surface area contributed by atoms with Crippen molar-refractivity contribution in [3.8, 4) is 0 Å². The molecule has 24 heavy (non-hydrogen) atoms. The lowest BCUT2D eigenvalue weighted by Gasteiger charge is -2.35. The van der Waals surface area contributed by atoms with Crippen LogP contribution in [0.15, 0.2) is 54.6 Å². The van der Waals surface area contributed by atoms with Gasteiger partial charge in [-0.3, -0.25) is 4.90 Å². The molecular weight excluding hydrogens is 327 g/mol. The van der Waals surface area contributed by atoms with Crippen LogP contribution in [0.4, 0.5) is 4.39 Å². The minimum absolute atomic E-state index is 0. The van der Waals surface area contributed by atoms with Gasteiger partial charge in [0.05, 0.1) is 13.2 Å². The zero-order chi connectivity index (χ0) is 15.9. The van der Waals surface area contributed by atoms with Gasteiger partial charge in [-0.1, -0.05) is 42.5 Å². The van der Waals surface area contributed by atoms with Crippen LogP contribution < -0.4 is 5.32 Å². The standard InChI is InChI=1S/C19H23FN2O.ClH/c20-18-8-4-7-17(13-18)19(22-9-11-23-12-10-22)15-21-14-16-5-2-1-3-6-16;/h1-8,13,19,21H,9-12,14-15H2;1H. The normalized spacial score (nSPS) is 16.4. The molecule has 130 valence electrons. The molecule has 0 spiro atoms. The van der Waals surface area contributed by atoms with Crippen molar-refractivity contribution in [2.45, 2.75) is 12.6 Å². The first kappa shape index (κ1) is 18.9. The van der Waals surface area contributed by atoms with Crippen molar-refractivity contribution < 1.29 is 9.13 Å². The third-order valence-corrected chi connectivity index (χ3v) is 4.23. The zero-order valence-corrected chi connectivity index (χ0v) is 14.5. The first-order chi connectivity index (χ1) is 11.3. The summed E-state index contributed by atoms with van der Waals surface area (Å²) in [4.78, 5) is 2.37. The van der Waals surface area contributed by atoms with Crippen molar-refractivity contribution in [3.63, 3.8) is 0 Å². The molecule has 1 aliphatic heterocycles. The third kappa shape index (κ3) is 5.28. The number of rotatable bonds is 6. The molecule has 1 atom stereocenters. The van der Waals surface area contributed by atoms with Crippen LogP contribution in [-0.4, -0.2) is 37.7 Å². The molecule has 2 aromatic carbocycles. The fourth-order valence-electron chi connectivity index (χ4n) is 3.01. The summed E-state index contributed by atoms with van der Waals surface area (Å²) in [7, 11) is 0. The van der Waals surface area contributed by atoms with Gasteiger partial charge in [0, 0.05) is 32.2 Å². The summed E-state index contributed by atoms with van der Waals surface area (Å²) in [5.41, 5.74) is 2.28. The second kappa shape index (κ2) is 9.74. The van der Waals surface area contributed by atoms with E-state index in [2.05, 4.69) is 22.3 Å². The minimum atomic E-state index is -0.177. The predicted octanol–water partition coefficient (Wildman–Crippen LogP) is 3.41. The Kier molecular flexibility index (Phi) is 7.66. The Morgan fingerprint density at radius 3 is 2.50 bits per heavy atom. The molecule has 1 aliphatic rings. The van der Waals surface area contributed by atoms with Gasteiger partial charge in [0.15, 0.2) is 0 Å². The summed E-state index contributed by atoms with van der Waals surface area (Å²) in [6.07, 6.45) is 0. The van der Waals surface area contributed by atoms with E-state index < -0.39 is 0 Å². The summed E-state index contributed by atoms with van der Waals surface area (Å²) in [6, 6.07) is 17.4. The SMILES string of the molecule is Cl.Fc1cccc(C(CNCc2ccccc2)N2CCOCC2)c1. The van der Waals surface area contributed by atoms with E-state index in [1.807, 2.05) is 24.3 Å². The van der Waals surface area contributed by atoms with Gasteiger partial charge in [-0.15, -0.1) is 12.4 Å². The van der Waals surface area contributed by atoms with Crippen LogP contribution in [0.5, 0.6) is 0 Å². The molecule has 0 radical (unpaired) electrons. The van der Waals surface area contributed by atoms with Gasteiger partial charge >= 0.3 is 0 Å². The van der Waals surface area contributed by atoms with Gasteiger partial charge in [0.2, 0.25) is 0 Å². The number of hydrogen-bond donors (Lipinski definition) is 1. The van der Waals surface area contributed by atoms with Crippen LogP contribution in [0.2, 0.25) is 0 Å². The largest absolute Gasteiger partial charge is 0.379 e. The average Bonchev–Trinajstić information content (AvgIpc) is 2.60. The molecule has 1 unspecified atom stereocenters. The Bertz CT molecular complexity index is 605. The summed E-state index contributed by atoms with van der Waals surface area (Å²) in [6.45, 7) is 4.85. The van der Waals surface area contributed by atoms with E-state index >= 15 is 0 Å². The maximum absolute atomic E-state index is 13.6. The fourth-order valence-corrected chi connectivity index (χ4v) is 3.01. The predicted molar refractivity (Wildman–Crippen MR) is 96.9 cm³/mol. The van der Waals surface area contributed by atoms with Gasteiger partial charge in [0.1, 0.15) is 5.82 Å². The molecule has 3 nitrogen and oxygen atoms in total. The number of ether oxygens (including phenoxy) is 1. The van der Waals surface area contributed by atoms with Crippen molar-refractivity contribution in [2.24, 2.45) is 0 Å². The molecule has 0 aliphatic carbocycles. The number of hydrogen-bond acceptors (Lipinski definition) is 3. The van der Waals surface area contributed by atoms with E-state index in [1.165, 1.54) is 11.6 Å². The van der Waals surface area contributed by atoms with Gasteiger partial charge in [-0.2, -0.15) is 0 Å². The highest BCUT2D eigenvalue weighted by atomic mass is 35.5. The molecular formula is C19H24ClFN2O. The highest BCUT2D eigenvalue weighted by molar-refractivity contribution is 5.85. The number of halogens is 2. The minimum Gasteiger partial charge on any atom is -0.379 e. The Morgan fingerprint density at radius 2 is 1.79 bits per heavy atom. The topological polar surface area (TPSA) is 24.5 Å². The van der Waals surface area contributed by atoms with Crippen LogP contribution in [0.3, 0.4) is 0 Å². The fraction of sp³-hybridized carbons (Fsp3) is 0.368. The van der Waals surface area contributed by atoms with Crippen molar-refractivity contribution in [1.29, 1.82) is 0 Å². The maximum Gasteiger partial charge on any atom is 0.123 e. The first-order valence-corrected chi connectivity index (χ1v) is 8.15. The van der Waals surface area contributed by atoms with Crippen LogP contribution >= 0.6 is 12.4 Å². The van der Waals surface area contributed by atoms with Gasteiger partial charge in [-0.25, -0.2) is 4.39 Å². The molecule has 0 aromatic heterocycles. The molecule has 3 rings (SSSR count). The molecule has 1 fully saturated rings. The van der Waals surface area contributed by atoms with E-state index in [9.17, 15) is 4.39 Å². The molecule has 5 heteroatoms. The lowest BCUT2D eigenvalue weighted by Crippen LogP contribution is -2.42. The van der Waals surface area contributed by atoms with Crippen LogP contribution in [0.1, 0.15) is 17.2 Å². The van der Waals surface area contributed by atoms with Crippen LogP contribution in [0.25, 0.3) is 0 Å². The second-order valence-corrected chi connectivity index (χ2v) is 5.84. The summed E-state index contributed by atoms with van der Waals surface area (Å²) < 4.78 is 19.1. The van der Waals surface area contributed by atoms with Gasteiger partial charge in [-0.05, 0) is 23.3 Å².